The number of piperidine rings is 1. The van der Waals surface area contributed by atoms with Crippen LogP contribution in [0.1, 0.15) is 32.6 Å². The summed E-state index contributed by atoms with van der Waals surface area (Å²) in [5.74, 6) is 0.313. The molecule has 1 saturated carbocycles. The molecule has 6 heteroatoms. The monoisotopic (exact) mass is 265 g/mol. The largest absolute Gasteiger partial charge is 0.342 e. The first-order valence-electron chi connectivity index (χ1n) is 7.00. The first-order chi connectivity index (χ1) is 9.07. The van der Waals surface area contributed by atoms with Crippen molar-refractivity contribution in [3.8, 4) is 0 Å². The minimum absolute atomic E-state index is 0.126. The van der Waals surface area contributed by atoms with Crippen LogP contribution < -0.4 is 5.32 Å². The van der Waals surface area contributed by atoms with E-state index in [4.69, 9.17) is 0 Å². The van der Waals surface area contributed by atoms with Crippen molar-refractivity contribution in [3.63, 3.8) is 0 Å². The summed E-state index contributed by atoms with van der Waals surface area (Å²) >= 11 is 0. The van der Waals surface area contributed by atoms with Crippen LogP contribution in [-0.2, 0) is 9.59 Å². The summed E-state index contributed by atoms with van der Waals surface area (Å²) in [5.41, 5.74) is -0.757. The van der Waals surface area contributed by atoms with Gasteiger partial charge in [-0.15, -0.1) is 0 Å². The Balaban J connectivity index is 1.67. The summed E-state index contributed by atoms with van der Waals surface area (Å²) in [5, 5.41) is 2.82. The fourth-order valence-electron chi connectivity index (χ4n) is 3.00. The van der Waals surface area contributed by atoms with Gasteiger partial charge in [-0.25, -0.2) is 4.79 Å². The highest BCUT2D eigenvalue weighted by Crippen LogP contribution is 2.34. The Labute approximate surface area is 112 Å². The van der Waals surface area contributed by atoms with E-state index in [0.717, 1.165) is 12.8 Å². The van der Waals surface area contributed by atoms with Gasteiger partial charge in [0.15, 0.2) is 0 Å². The molecule has 1 N–H and O–H groups in total. The summed E-state index contributed by atoms with van der Waals surface area (Å²) in [4.78, 5) is 39.1. The van der Waals surface area contributed by atoms with Crippen LogP contribution in [0.3, 0.4) is 0 Å². The van der Waals surface area contributed by atoms with E-state index in [0.29, 0.717) is 32.5 Å². The number of carbonyl (C=O) groups is 3. The minimum atomic E-state index is -0.757. The van der Waals surface area contributed by atoms with Gasteiger partial charge < -0.3 is 10.2 Å². The fourth-order valence-corrected chi connectivity index (χ4v) is 3.00. The predicted octanol–water partition coefficient (Wildman–Crippen LogP) is 0.329. The van der Waals surface area contributed by atoms with E-state index in [9.17, 15) is 14.4 Å². The lowest BCUT2D eigenvalue weighted by atomic mass is 9.87. The molecule has 0 unspecified atom stereocenters. The number of urea groups is 1. The quantitative estimate of drug-likeness (QED) is 0.731. The number of imide groups is 1. The van der Waals surface area contributed by atoms with E-state index in [1.54, 1.807) is 6.92 Å². The molecule has 2 heterocycles. The zero-order valence-corrected chi connectivity index (χ0v) is 11.1. The van der Waals surface area contributed by atoms with Crippen molar-refractivity contribution in [1.82, 2.24) is 15.1 Å². The Bertz CT molecular complexity index is 436. The Morgan fingerprint density at radius 2 is 1.95 bits per heavy atom. The van der Waals surface area contributed by atoms with Crippen LogP contribution in [0.2, 0.25) is 0 Å². The molecule has 0 aromatic carbocycles. The minimum Gasteiger partial charge on any atom is -0.342 e. The third kappa shape index (κ3) is 1.89. The number of likely N-dealkylation sites (tertiary alicyclic amines) is 1. The number of hydrogen-bond acceptors (Lipinski definition) is 3. The number of rotatable bonds is 2. The number of carbonyl (C=O) groups excluding carboxylic acids is 3. The molecule has 3 rings (SSSR count). The van der Waals surface area contributed by atoms with Crippen molar-refractivity contribution in [2.45, 2.75) is 38.1 Å². The smallest absolute Gasteiger partial charge is 0.325 e. The van der Waals surface area contributed by atoms with Crippen LogP contribution in [0.5, 0.6) is 0 Å². The first-order valence-corrected chi connectivity index (χ1v) is 7.00. The normalized spacial score (nSPS) is 25.9. The Morgan fingerprint density at radius 1 is 1.32 bits per heavy atom. The van der Waals surface area contributed by atoms with Gasteiger partial charge in [-0.1, -0.05) is 0 Å². The topological polar surface area (TPSA) is 69.7 Å². The van der Waals surface area contributed by atoms with E-state index >= 15 is 0 Å². The summed E-state index contributed by atoms with van der Waals surface area (Å²) in [6, 6.07) is -0.297. The molecular formula is C13H19N3O3. The lowest BCUT2D eigenvalue weighted by Crippen LogP contribution is -2.56. The van der Waals surface area contributed by atoms with E-state index in [2.05, 4.69) is 5.32 Å². The number of nitrogens with zero attached hydrogens (tertiary/aromatic N) is 2. The van der Waals surface area contributed by atoms with E-state index in [1.807, 2.05) is 4.90 Å². The van der Waals surface area contributed by atoms with Crippen LogP contribution in [0.15, 0.2) is 0 Å². The molecule has 19 heavy (non-hydrogen) atoms. The second kappa shape index (κ2) is 4.21. The molecule has 0 atom stereocenters. The van der Waals surface area contributed by atoms with Crippen LogP contribution in [0, 0.1) is 5.92 Å². The van der Waals surface area contributed by atoms with Gasteiger partial charge in [-0.2, -0.15) is 0 Å². The third-order valence-electron chi connectivity index (χ3n) is 4.42. The average Bonchev–Trinajstić information content (AvgIpc) is 3.20. The van der Waals surface area contributed by atoms with Gasteiger partial charge in [-0.3, -0.25) is 14.5 Å². The molecule has 0 bridgehead atoms. The second-order valence-electron chi connectivity index (χ2n) is 5.66. The molecule has 2 saturated heterocycles. The van der Waals surface area contributed by atoms with Crippen molar-refractivity contribution in [1.29, 1.82) is 0 Å². The maximum atomic E-state index is 12.3. The molecule has 104 valence electrons. The van der Waals surface area contributed by atoms with Crippen LogP contribution in [0.25, 0.3) is 0 Å². The highest BCUT2D eigenvalue weighted by Gasteiger charge is 2.52. The molecule has 0 aromatic rings. The van der Waals surface area contributed by atoms with Gasteiger partial charge in [0.25, 0.3) is 5.91 Å². The molecule has 0 aromatic heterocycles. The zero-order valence-electron chi connectivity index (χ0n) is 11.1. The Kier molecular flexibility index (Phi) is 2.76. The lowest BCUT2D eigenvalue weighted by Gasteiger charge is -2.37. The summed E-state index contributed by atoms with van der Waals surface area (Å²) in [6.07, 6.45) is 3.07. The SMILES string of the molecule is CCN1C(=O)NC2(CCN(C(=O)C3CC3)CC2)C1=O. The maximum absolute atomic E-state index is 12.3. The number of amides is 4. The Hall–Kier alpha value is -1.59. The van der Waals surface area contributed by atoms with Gasteiger partial charge >= 0.3 is 6.03 Å². The molecule has 6 nitrogen and oxygen atoms in total. The van der Waals surface area contributed by atoms with Gasteiger partial charge in [0.2, 0.25) is 5.91 Å². The summed E-state index contributed by atoms with van der Waals surface area (Å²) in [7, 11) is 0. The second-order valence-corrected chi connectivity index (χ2v) is 5.66. The average molecular weight is 265 g/mol. The number of hydrogen-bond donors (Lipinski definition) is 1. The van der Waals surface area contributed by atoms with Gasteiger partial charge in [-0.05, 0) is 32.6 Å². The summed E-state index contributed by atoms with van der Waals surface area (Å²) < 4.78 is 0. The first kappa shape index (κ1) is 12.4. The number of nitrogens with one attached hydrogen (secondary N) is 1. The molecular weight excluding hydrogens is 246 g/mol. The Morgan fingerprint density at radius 3 is 2.42 bits per heavy atom. The van der Waals surface area contributed by atoms with Crippen LogP contribution in [-0.4, -0.2) is 52.8 Å². The van der Waals surface area contributed by atoms with E-state index in [1.165, 1.54) is 4.90 Å². The summed E-state index contributed by atoms with van der Waals surface area (Å²) in [6.45, 7) is 3.33. The molecule has 3 aliphatic rings. The number of likely N-dealkylation sites (N-methyl/N-ethyl adjacent to an activating group) is 1. The fraction of sp³-hybridized carbons (Fsp3) is 0.769. The molecule has 1 spiro atoms. The molecule has 4 amide bonds. The van der Waals surface area contributed by atoms with E-state index in [-0.39, 0.29) is 23.8 Å². The van der Waals surface area contributed by atoms with Crippen molar-refractivity contribution in [2.24, 2.45) is 5.92 Å². The van der Waals surface area contributed by atoms with E-state index < -0.39 is 5.54 Å². The van der Waals surface area contributed by atoms with Crippen LogP contribution >= 0.6 is 0 Å². The standard InChI is InChI=1S/C13H19N3O3/c1-2-16-11(18)13(14-12(16)19)5-7-15(8-6-13)10(17)9-3-4-9/h9H,2-8H2,1H3,(H,14,19). The van der Waals surface area contributed by atoms with Gasteiger partial charge in [0.05, 0.1) is 0 Å². The molecule has 2 aliphatic heterocycles. The van der Waals surface area contributed by atoms with Crippen molar-refractivity contribution in [2.75, 3.05) is 19.6 Å². The molecule has 3 fully saturated rings. The van der Waals surface area contributed by atoms with Crippen molar-refractivity contribution < 1.29 is 14.4 Å². The predicted molar refractivity (Wildman–Crippen MR) is 67.2 cm³/mol. The van der Waals surface area contributed by atoms with Crippen LogP contribution in [0.4, 0.5) is 4.79 Å². The third-order valence-corrected chi connectivity index (χ3v) is 4.42. The van der Waals surface area contributed by atoms with Gasteiger partial charge in [0, 0.05) is 25.6 Å². The lowest BCUT2D eigenvalue weighted by molar-refractivity contribution is -0.139. The molecule has 1 aliphatic carbocycles. The molecule has 0 radical (unpaired) electrons. The highest BCUT2D eigenvalue weighted by molar-refractivity contribution is 6.07. The zero-order chi connectivity index (χ0) is 13.6. The van der Waals surface area contributed by atoms with Gasteiger partial charge in [0.1, 0.15) is 5.54 Å². The van der Waals surface area contributed by atoms with Crippen molar-refractivity contribution in [3.05, 3.63) is 0 Å². The maximum Gasteiger partial charge on any atom is 0.325 e. The van der Waals surface area contributed by atoms with Crippen molar-refractivity contribution >= 4 is 17.8 Å². The highest BCUT2D eigenvalue weighted by atomic mass is 16.2.